The quantitative estimate of drug-likeness (QED) is 0.0940. The van der Waals surface area contributed by atoms with Gasteiger partial charge in [-0.25, -0.2) is 0 Å². The van der Waals surface area contributed by atoms with Crippen LogP contribution in [0.4, 0.5) is 0 Å². The van der Waals surface area contributed by atoms with Crippen LogP contribution in [0, 0.1) is 0 Å². The first-order valence-corrected chi connectivity index (χ1v) is 14.6. The molecule has 0 N–H and O–H groups in total. The number of allylic oxidation sites excluding steroid dienone is 3. The van der Waals surface area contributed by atoms with Crippen LogP contribution < -0.4 is 14.2 Å². The summed E-state index contributed by atoms with van der Waals surface area (Å²) in [5.74, 6) is 1.98. The van der Waals surface area contributed by atoms with E-state index in [2.05, 4.69) is 63.9 Å². The zero-order valence-electron chi connectivity index (χ0n) is 26.0. The Kier molecular flexibility index (Phi) is 12.2. The second-order valence-electron chi connectivity index (χ2n) is 11.6. The molecule has 0 saturated carbocycles. The highest BCUT2D eigenvalue weighted by atomic mass is 16.5. The van der Waals surface area contributed by atoms with Gasteiger partial charge < -0.3 is 24.0 Å². The van der Waals surface area contributed by atoms with Crippen LogP contribution in [0.15, 0.2) is 60.2 Å². The van der Waals surface area contributed by atoms with E-state index in [1.54, 1.807) is 19.3 Å². The molecule has 0 amide bonds. The molecule has 1 aliphatic heterocycles. The number of methoxy groups -OCH3 is 1. The minimum atomic E-state index is -0.395. The largest absolute Gasteiger partial charge is 0.495 e. The summed E-state index contributed by atoms with van der Waals surface area (Å²) >= 11 is 0. The van der Waals surface area contributed by atoms with Crippen molar-refractivity contribution in [2.75, 3.05) is 54.5 Å². The molecule has 0 aromatic heterocycles. The number of carbonyl (C=O) groups excluding carboxylic acids is 1. The van der Waals surface area contributed by atoms with Crippen LogP contribution in [-0.4, -0.2) is 75.7 Å². The normalized spacial score (nSPS) is 16.1. The van der Waals surface area contributed by atoms with Gasteiger partial charge in [0.2, 0.25) is 0 Å². The molecule has 41 heavy (non-hydrogen) atoms. The average molecular weight is 561 g/mol. The summed E-state index contributed by atoms with van der Waals surface area (Å²) in [7, 11) is 7.96. The van der Waals surface area contributed by atoms with Gasteiger partial charge in [0, 0.05) is 6.54 Å². The zero-order valence-corrected chi connectivity index (χ0v) is 26.0. The van der Waals surface area contributed by atoms with E-state index in [0.717, 1.165) is 61.5 Å². The van der Waals surface area contributed by atoms with Crippen molar-refractivity contribution < 1.29 is 19.0 Å². The van der Waals surface area contributed by atoms with Crippen LogP contribution in [0.1, 0.15) is 67.9 Å². The molecule has 1 heterocycles. The first kappa shape index (κ1) is 32.2. The topological polar surface area (TPSA) is 51.2 Å². The molecule has 0 bridgehead atoms. The number of carbonyl (C=O) groups is 1. The maximum Gasteiger partial charge on any atom is 0.189 e. The molecular formula is C35H48N2O4. The van der Waals surface area contributed by atoms with Gasteiger partial charge >= 0.3 is 0 Å². The lowest BCUT2D eigenvalue weighted by Crippen LogP contribution is -2.31. The van der Waals surface area contributed by atoms with Crippen LogP contribution in [0.3, 0.4) is 0 Å². The van der Waals surface area contributed by atoms with E-state index in [0.29, 0.717) is 17.9 Å². The zero-order chi connectivity index (χ0) is 29.8. The Balaban J connectivity index is 1.54. The number of ether oxygens (including phenoxy) is 3. The fourth-order valence-corrected chi connectivity index (χ4v) is 4.80. The molecule has 6 nitrogen and oxygen atoms in total. The molecule has 0 aliphatic carbocycles. The van der Waals surface area contributed by atoms with E-state index in [9.17, 15) is 4.79 Å². The molecular weight excluding hydrogens is 512 g/mol. The Labute approximate surface area is 247 Å². The molecule has 0 fully saturated rings. The minimum absolute atomic E-state index is 0.120. The SMILES string of the molecule is COc1c(C(=O)/C=C/c2ccc(OCCCN(C)CCCN(C)C)cc2)ccc2c1C=CC(C)(CCC=C(C)C)O2. The second kappa shape index (κ2) is 15.6. The summed E-state index contributed by atoms with van der Waals surface area (Å²) in [6.45, 7) is 10.2. The molecule has 222 valence electrons. The van der Waals surface area contributed by atoms with Crippen LogP contribution in [0.2, 0.25) is 0 Å². The summed E-state index contributed by atoms with van der Waals surface area (Å²) < 4.78 is 17.9. The van der Waals surface area contributed by atoms with Crippen molar-refractivity contribution in [1.82, 2.24) is 9.80 Å². The summed E-state index contributed by atoms with van der Waals surface area (Å²) in [4.78, 5) is 17.7. The number of ketones is 1. The van der Waals surface area contributed by atoms with Crippen LogP contribution in [0.25, 0.3) is 12.2 Å². The molecule has 0 spiro atoms. The van der Waals surface area contributed by atoms with Gasteiger partial charge in [-0.1, -0.05) is 29.9 Å². The van der Waals surface area contributed by atoms with Crippen molar-refractivity contribution in [2.45, 2.75) is 52.1 Å². The Hall–Kier alpha value is -3.35. The van der Waals surface area contributed by atoms with Crippen molar-refractivity contribution in [3.8, 4) is 17.2 Å². The third-order valence-corrected chi connectivity index (χ3v) is 7.17. The van der Waals surface area contributed by atoms with E-state index in [1.807, 2.05) is 42.5 Å². The standard InChI is InChI=1S/C35H48N2O4/c1-27(2)11-8-21-35(3)22-20-31-33(41-35)19-17-30(34(31)39-7)32(38)18-14-28-12-15-29(16-13-28)40-26-10-25-37(6)24-9-23-36(4)5/h11-20,22H,8-10,21,23-26H2,1-7H3/b18-14+. The van der Waals surface area contributed by atoms with E-state index in [-0.39, 0.29) is 5.78 Å². The maximum atomic E-state index is 13.1. The lowest BCUT2D eigenvalue weighted by Gasteiger charge is -2.32. The molecule has 3 rings (SSSR count). The Morgan fingerprint density at radius 3 is 2.41 bits per heavy atom. The predicted octanol–water partition coefficient (Wildman–Crippen LogP) is 7.15. The first-order valence-electron chi connectivity index (χ1n) is 14.6. The lowest BCUT2D eigenvalue weighted by molar-refractivity contribution is 0.104. The van der Waals surface area contributed by atoms with Gasteiger partial charge in [-0.3, -0.25) is 4.79 Å². The van der Waals surface area contributed by atoms with E-state index in [1.165, 1.54) is 12.0 Å². The van der Waals surface area contributed by atoms with Gasteiger partial charge in [0.15, 0.2) is 5.78 Å². The van der Waals surface area contributed by atoms with Crippen LogP contribution >= 0.6 is 0 Å². The third kappa shape index (κ3) is 10.2. The van der Waals surface area contributed by atoms with Gasteiger partial charge in [-0.05, 0) is 129 Å². The first-order chi connectivity index (χ1) is 19.6. The minimum Gasteiger partial charge on any atom is -0.495 e. The summed E-state index contributed by atoms with van der Waals surface area (Å²) in [5.41, 5.74) is 3.14. The third-order valence-electron chi connectivity index (χ3n) is 7.17. The van der Waals surface area contributed by atoms with E-state index in [4.69, 9.17) is 14.2 Å². The smallest absolute Gasteiger partial charge is 0.189 e. The number of fused-ring (bicyclic) bond motifs is 1. The van der Waals surface area contributed by atoms with Crippen molar-refractivity contribution in [2.24, 2.45) is 0 Å². The Bertz CT molecular complexity index is 1230. The van der Waals surface area contributed by atoms with Gasteiger partial charge in [0.05, 0.1) is 24.8 Å². The monoisotopic (exact) mass is 560 g/mol. The fourth-order valence-electron chi connectivity index (χ4n) is 4.80. The lowest BCUT2D eigenvalue weighted by atomic mass is 9.93. The predicted molar refractivity (Wildman–Crippen MR) is 170 cm³/mol. The van der Waals surface area contributed by atoms with Crippen LogP contribution in [0.5, 0.6) is 17.2 Å². The molecule has 0 saturated heterocycles. The fraction of sp³-hybridized carbons (Fsp3) is 0.457. The Morgan fingerprint density at radius 1 is 1.00 bits per heavy atom. The summed E-state index contributed by atoms with van der Waals surface area (Å²) in [6, 6.07) is 11.5. The van der Waals surface area contributed by atoms with E-state index >= 15 is 0 Å². The number of nitrogens with zero attached hydrogens (tertiary/aromatic N) is 2. The number of rotatable bonds is 16. The molecule has 1 unspecified atom stereocenters. The van der Waals surface area contributed by atoms with E-state index < -0.39 is 5.60 Å². The molecule has 0 radical (unpaired) electrons. The highest BCUT2D eigenvalue weighted by molar-refractivity contribution is 6.09. The number of hydrogen-bond acceptors (Lipinski definition) is 6. The van der Waals surface area contributed by atoms with Crippen LogP contribution in [-0.2, 0) is 0 Å². The van der Waals surface area contributed by atoms with Gasteiger partial charge in [0.1, 0.15) is 22.8 Å². The van der Waals surface area contributed by atoms with Gasteiger partial charge in [0.25, 0.3) is 0 Å². The summed E-state index contributed by atoms with van der Waals surface area (Å²) in [6.07, 6.45) is 13.7. The van der Waals surface area contributed by atoms with Crippen molar-refractivity contribution in [1.29, 1.82) is 0 Å². The molecule has 6 heteroatoms. The van der Waals surface area contributed by atoms with Gasteiger partial charge in [-0.15, -0.1) is 0 Å². The van der Waals surface area contributed by atoms with Crippen molar-refractivity contribution in [3.63, 3.8) is 0 Å². The molecule has 1 aliphatic rings. The van der Waals surface area contributed by atoms with Crippen molar-refractivity contribution >= 4 is 17.9 Å². The van der Waals surface area contributed by atoms with Crippen molar-refractivity contribution in [3.05, 3.63) is 76.9 Å². The average Bonchev–Trinajstić information content (AvgIpc) is 2.93. The second-order valence-corrected chi connectivity index (χ2v) is 11.6. The highest BCUT2D eigenvalue weighted by Crippen LogP contribution is 2.40. The Morgan fingerprint density at radius 2 is 1.73 bits per heavy atom. The maximum absolute atomic E-state index is 13.1. The number of hydrogen-bond donors (Lipinski definition) is 0. The molecule has 2 aromatic rings. The molecule has 1 atom stereocenters. The van der Waals surface area contributed by atoms with Gasteiger partial charge in [-0.2, -0.15) is 0 Å². The molecule has 2 aromatic carbocycles. The summed E-state index contributed by atoms with van der Waals surface area (Å²) in [5, 5.41) is 0. The highest BCUT2D eigenvalue weighted by Gasteiger charge is 2.29. The number of benzene rings is 2.